The van der Waals surface area contributed by atoms with E-state index in [1.807, 2.05) is 12.1 Å². The molecular formula is C13H18N2O2. The van der Waals surface area contributed by atoms with Gasteiger partial charge in [-0.2, -0.15) is 0 Å². The summed E-state index contributed by atoms with van der Waals surface area (Å²) in [5.41, 5.74) is 2.31. The lowest BCUT2D eigenvalue weighted by molar-refractivity contribution is 0.226. The second-order valence-corrected chi connectivity index (χ2v) is 4.31. The Bertz CT molecular complexity index is 431. The highest BCUT2D eigenvalue weighted by molar-refractivity contribution is 5.76. The number of methoxy groups -OCH3 is 1. The lowest BCUT2D eigenvalue weighted by Gasteiger charge is -2.13. The molecule has 1 saturated heterocycles. The van der Waals surface area contributed by atoms with Crippen LogP contribution in [0.4, 0.5) is 4.79 Å². The van der Waals surface area contributed by atoms with Crippen LogP contribution in [0.15, 0.2) is 18.2 Å². The van der Waals surface area contributed by atoms with Gasteiger partial charge in [0.25, 0.3) is 0 Å². The van der Waals surface area contributed by atoms with E-state index in [1.165, 1.54) is 5.56 Å². The summed E-state index contributed by atoms with van der Waals surface area (Å²) >= 11 is 0. The standard InChI is InChI=1S/C13H18N2O2/c1-4-9-7-10(5-6-12(9)17-3)11-8-15(2)13(16)14-11/h5-7,11H,4,8H2,1-3H3,(H,14,16). The number of nitrogens with one attached hydrogen (secondary N) is 1. The molecule has 0 bridgehead atoms. The highest BCUT2D eigenvalue weighted by Gasteiger charge is 2.27. The summed E-state index contributed by atoms with van der Waals surface area (Å²) in [6, 6.07) is 6.18. The van der Waals surface area contributed by atoms with Gasteiger partial charge in [0.1, 0.15) is 5.75 Å². The van der Waals surface area contributed by atoms with Crippen LogP contribution in [-0.4, -0.2) is 31.6 Å². The maximum Gasteiger partial charge on any atom is 0.317 e. The number of nitrogens with zero attached hydrogens (tertiary/aromatic N) is 1. The molecule has 1 atom stereocenters. The maximum atomic E-state index is 11.4. The first kappa shape index (κ1) is 11.8. The van der Waals surface area contributed by atoms with E-state index in [1.54, 1.807) is 19.1 Å². The summed E-state index contributed by atoms with van der Waals surface area (Å²) < 4.78 is 5.30. The molecule has 0 spiro atoms. The molecule has 0 saturated carbocycles. The number of hydrogen-bond donors (Lipinski definition) is 1. The zero-order valence-corrected chi connectivity index (χ0v) is 10.5. The van der Waals surface area contributed by atoms with Crippen molar-refractivity contribution in [2.75, 3.05) is 20.7 Å². The van der Waals surface area contributed by atoms with E-state index >= 15 is 0 Å². The number of hydrogen-bond acceptors (Lipinski definition) is 2. The van der Waals surface area contributed by atoms with Gasteiger partial charge in [0.15, 0.2) is 0 Å². The Morgan fingerprint density at radius 3 is 2.82 bits per heavy atom. The average Bonchev–Trinajstić information content (AvgIpc) is 2.68. The molecule has 4 heteroatoms. The second kappa shape index (κ2) is 4.65. The second-order valence-electron chi connectivity index (χ2n) is 4.31. The minimum Gasteiger partial charge on any atom is -0.496 e. The molecule has 1 aromatic rings. The van der Waals surface area contributed by atoms with E-state index in [4.69, 9.17) is 4.74 Å². The Balaban J connectivity index is 2.25. The molecule has 1 aliphatic rings. The van der Waals surface area contributed by atoms with Gasteiger partial charge in [-0.1, -0.05) is 13.0 Å². The molecular weight excluding hydrogens is 216 g/mol. The Hall–Kier alpha value is -1.71. The van der Waals surface area contributed by atoms with Gasteiger partial charge < -0.3 is 15.0 Å². The minimum absolute atomic E-state index is 0.0103. The number of ether oxygens (including phenoxy) is 1. The van der Waals surface area contributed by atoms with Crippen LogP contribution in [0, 0.1) is 0 Å². The van der Waals surface area contributed by atoms with Crippen molar-refractivity contribution < 1.29 is 9.53 Å². The first-order valence-electron chi connectivity index (χ1n) is 5.84. The predicted octanol–water partition coefficient (Wildman–Crippen LogP) is 1.95. The van der Waals surface area contributed by atoms with Crippen molar-refractivity contribution in [1.82, 2.24) is 10.2 Å². The Morgan fingerprint density at radius 2 is 2.29 bits per heavy atom. The molecule has 4 nitrogen and oxygen atoms in total. The molecule has 17 heavy (non-hydrogen) atoms. The third-order valence-corrected chi connectivity index (χ3v) is 3.19. The number of urea groups is 1. The third-order valence-electron chi connectivity index (χ3n) is 3.19. The lowest BCUT2D eigenvalue weighted by atomic mass is 10.0. The van der Waals surface area contributed by atoms with Crippen LogP contribution in [0.1, 0.15) is 24.1 Å². The van der Waals surface area contributed by atoms with Crippen LogP contribution < -0.4 is 10.1 Å². The monoisotopic (exact) mass is 234 g/mol. The molecule has 0 aromatic heterocycles. The molecule has 1 unspecified atom stereocenters. The molecule has 0 aliphatic carbocycles. The molecule has 1 aromatic carbocycles. The Morgan fingerprint density at radius 1 is 1.53 bits per heavy atom. The van der Waals surface area contributed by atoms with Crippen LogP contribution in [0.25, 0.3) is 0 Å². The molecule has 1 heterocycles. The largest absolute Gasteiger partial charge is 0.496 e. The van der Waals surface area contributed by atoms with E-state index < -0.39 is 0 Å². The average molecular weight is 234 g/mol. The number of benzene rings is 1. The molecule has 1 fully saturated rings. The summed E-state index contributed by atoms with van der Waals surface area (Å²) in [7, 11) is 3.48. The molecule has 2 amide bonds. The Kier molecular flexibility index (Phi) is 3.22. The third kappa shape index (κ3) is 2.20. The number of aryl methyl sites for hydroxylation is 1. The quantitative estimate of drug-likeness (QED) is 0.868. The number of amides is 2. The molecule has 1 aliphatic heterocycles. The van der Waals surface area contributed by atoms with Gasteiger partial charge in [-0.05, 0) is 29.7 Å². The van der Waals surface area contributed by atoms with Crippen molar-refractivity contribution in [3.05, 3.63) is 29.3 Å². The molecule has 0 radical (unpaired) electrons. The van der Waals surface area contributed by atoms with Gasteiger partial charge in [0.2, 0.25) is 0 Å². The van der Waals surface area contributed by atoms with Crippen molar-refractivity contribution in [2.45, 2.75) is 19.4 Å². The predicted molar refractivity (Wildman–Crippen MR) is 66.3 cm³/mol. The lowest BCUT2D eigenvalue weighted by Crippen LogP contribution is -2.23. The van der Waals surface area contributed by atoms with E-state index in [0.29, 0.717) is 6.54 Å². The van der Waals surface area contributed by atoms with Crippen LogP contribution in [0.2, 0.25) is 0 Å². The fourth-order valence-corrected chi connectivity index (χ4v) is 2.14. The minimum atomic E-state index is -0.0103. The van der Waals surface area contributed by atoms with Crippen LogP contribution >= 0.6 is 0 Å². The summed E-state index contributed by atoms with van der Waals surface area (Å²) in [5.74, 6) is 0.911. The molecule has 1 N–H and O–H groups in total. The zero-order chi connectivity index (χ0) is 12.4. The van der Waals surface area contributed by atoms with Gasteiger partial charge in [-0.3, -0.25) is 0 Å². The topological polar surface area (TPSA) is 41.6 Å². The smallest absolute Gasteiger partial charge is 0.317 e. The molecule has 92 valence electrons. The van der Waals surface area contributed by atoms with Crippen molar-refractivity contribution in [3.8, 4) is 5.75 Å². The van der Waals surface area contributed by atoms with Crippen LogP contribution in [0.5, 0.6) is 5.75 Å². The number of likely N-dealkylation sites (N-methyl/N-ethyl adjacent to an activating group) is 1. The van der Waals surface area contributed by atoms with Gasteiger partial charge in [0.05, 0.1) is 13.2 Å². The summed E-state index contributed by atoms with van der Waals surface area (Å²) in [5, 5.41) is 2.95. The van der Waals surface area contributed by atoms with Crippen LogP contribution in [0.3, 0.4) is 0 Å². The number of carbonyl (C=O) groups is 1. The van der Waals surface area contributed by atoms with E-state index in [0.717, 1.165) is 17.7 Å². The number of carbonyl (C=O) groups excluding carboxylic acids is 1. The first-order valence-corrected chi connectivity index (χ1v) is 5.84. The molecule has 2 rings (SSSR count). The summed E-state index contributed by atoms with van der Waals surface area (Å²) in [6.45, 7) is 2.81. The fourth-order valence-electron chi connectivity index (χ4n) is 2.14. The van der Waals surface area contributed by atoms with Crippen LogP contribution in [-0.2, 0) is 6.42 Å². The van der Waals surface area contributed by atoms with Gasteiger partial charge in [0, 0.05) is 13.6 Å². The maximum absolute atomic E-state index is 11.4. The van der Waals surface area contributed by atoms with Crippen molar-refractivity contribution >= 4 is 6.03 Å². The van der Waals surface area contributed by atoms with Gasteiger partial charge in [-0.25, -0.2) is 4.79 Å². The highest BCUT2D eigenvalue weighted by Crippen LogP contribution is 2.26. The summed E-state index contributed by atoms with van der Waals surface area (Å²) in [6.07, 6.45) is 0.924. The van der Waals surface area contributed by atoms with E-state index in [2.05, 4.69) is 18.3 Å². The van der Waals surface area contributed by atoms with Gasteiger partial charge >= 0.3 is 6.03 Å². The zero-order valence-electron chi connectivity index (χ0n) is 10.5. The van der Waals surface area contributed by atoms with Gasteiger partial charge in [-0.15, -0.1) is 0 Å². The number of rotatable bonds is 3. The Labute approximate surface area is 102 Å². The normalized spacial score (nSPS) is 19.4. The first-order chi connectivity index (χ1) is 8.15. The van der Waals surface area contributed by atoms with Crippen molar-refractivity contribution in [1.29, 1.82) is 0 Å². The van der Waals surface area contributed by atoms with E-state index in [9.17, 15) is 4.79 Å². The SMILES string of the molecule is CCc1cc(C2CN(C)C(=O)N2)ccc1OC. The summed E-state index contributed by atoms with van der Waals surface area (Å²) in [4.78, 5) is 13.1. The fraction of sp³-hybridized carbons (Fsp3) is 0.462. The van der Waals surface area contributed by atoms with Crippen molar-refractivity contribution in [3.63, 3.8) is 0 Å². The van der Waals surface area contributed by atoms with Crippen molar-refractivity contribution in [2.24, 2.45) is 0 Å². The highest BCUT2D eigenvalue weighted by atomic mass is 16.5. The van der Waals surface area contributed by atoms with E-state index in [-0.39, 0.29) is 12.1 Å².